The van der Waals surface area contributed by atoms with Crippen LogP contribution >= 0.6 is 7.14 Å². The van der Waals surface area contributed by atoms with Gasteiger partial charge in [-0.2, -0.15) is 0 Å². The molecule has 9 rings (SSSR count). The highest BCUT2D eigenvalue weighted by Gasteiger charge is 2.30. The van der Waals surface area contributed by atoms with Gasteiger partial charge < -0.3 is 13.7 Å². The summed E-state index contributed by atoms with van der Waals surface area (Å²) in [4.78, 5) is 0. The summed E-state index contributed by atoms with van der Waals surface area (Å²) >= 11 is 0. The van der Waals surface area contributed by atoms with Gasteiger partial charge in [0.15, 0.2) is 7.14 Å². The second-order valence-electron chi connectivity index (χ2n) is 12.1. The summed E-state index contributed by atoms with van der Waals surface area (Å²) < 4.78 is 19.9. The quantitative estimate of drug-likeness (QED) is 0.167. The monoisotopic (exact) mass is 634 g/mol. The Bertz CT molecular complexity index is 2560. The summed E-state index contributed by atoms with van der Waals surface area (Å²) in [6, 6.07) is 62.5. The number of rotatable bonds is 6. The van der Waals surface area contributed by atoms with E-state index in [9.17, 15) is 0 Å². The van der Waals surface area contributed by atoms with E-state index in [2.05, 4.69) is 137 Å². The first-order chi connectivity index (χ1) is 23.7. The van der Waals surface area contributed by atoms with Gasteiger partial charge in [0.25, 0.3) is 0 Å². The van der Waals surface area contributed by atoms with Gasteiger partial charge >= 0.3 is 0 Å². The fourth-order valence-electron chi connectivity index (χ4n) is 7.21. The molecule has 0 unspecified atom stereocenters. The molecule has 0 bridgehead atoms. The van der Waals surface area contributed by atoms with Crippen molar-refractivity contribution in [3.63, 3.8) is 0 Å². The van der Waals surface area contributed by atoms with Crippen LogP contribution in [0.1, 0.15) is 0 Å². The maximum atomic E-state index is 15.1. The predicted molar refractivity (Wildman–Crippen MR) is 202 cm³/mol. The van der Waals surface area contributed by atoms with Gasteiger partial charge in [0.2, 0.25) is 0 Å². The number of nitrogens with zero attached hydrogens (tertiary/aromatic N) is 2. The molecule has 0 amide bonds. The van der Waals surface area contributed by atoms with E-state index < -0.39 is 7.14 Å². The van der Waals surface area contributed by atoms with Gasteiger partial charge in [-0.05, 0) is 48.0 Å². The molecule has 0 saturated carbocycles. The van der Waals surface area contributed by atoms with Crippen molar-refractivity contribution in [3.8, 4) is 22.5 Å². The normalized spacial score (nSPS) is 11.8. The van der Waals surface area contributed by atoms with Crippen LogP contribution in [-0.2, 0) is 4.57 Å². The van der Waals surface area contributed by atoms with Gasteiger partial charge in [-0.1, -0.05) is 140 Å². The van der Waals surface area contributed by atoms with Crippen LogP contribution in [0.2, 0.25) is 0 Å². The van der Waals surface area contributed by atoms with Crippen molar-refractivity contribution < 1.29 is 4.57 Å². The van der Waals surface area contributed by atoms with Crippen LogP contribution in [0, 0.1) is 0 Å². The van der Waals surface area contributed by atoms with E-state index >= 15 is 4.57 Å². The lowest BCUT2D eigenvalue weighted by Gasteiger charge is -2.20. The summed E-state index contributed by atoms with van der Waals surface area (Å²) in [7, 11) is -3.10. The first-order valence-electron chi connectivity index (χ1n) is 16.2. The number of para-hydroxylation sites is 2. The van der Waals surface area contributed by atoms with Gasteiger partial charge in [0, 0.05) is 55.2 Å². The van der Waals surface area contributed by atoms with Gasteiger partial charge in [-0.15, -0.1) is 0 Å². The highest BCUT2D eigenvalue weighted by Crippen LogP contribution is 2.44. The molecule has 7 aromatic carbocycles. The van der Waals surface area contributed by atoms with Crippen molar-refractivity contribution in [1.29, 1.82) is 0 Å². The van der Waals surface area contributed by atoms with Crippen molar-refractivity contribution in [2.24, 2.45) is 0 Å². The lowest BCUT2D eigenvalue weighted by Crippen LogP contribution is -2.24. The zero-order valence-electron chi connectivity index (χ0n) is 26.1. The van der Waals surface area contributed by atoms with E-state index in [1.807, 2.05) is 60.7 Å². The van der Waals surface area contributed by atoms with Gasteiger partial charge in [0.05, 0.1) is 16.6 Å². The molecule has 0 aliphatic heterocycles. The average molecular weight is 635 g/mol. The fourth-order valence-corrected chi connectivity index (χ4v) is 9.85. The molecule has 228 valence electrons. The van der Waals surface area contributed by atoms with E-state index in [1.54, 1.807) is 0 Å². The van der Waals surface area contributed by atoms with E-state index in [0.29, 0.717) is 0 Å². The number of aromatic nitrogens is 2. The summed E-state index contributed by atoms with van der Waals surface area (Å²) in [5.41, 5.74) is 7.92. The minimum absolute atomic E-state index is 0.814. The Morgan fingerprint density at radius 1 is 0.396 bits per heavy atom. The third-order valence-corrected chi connectivity index (χ3v) is 12.5. The van der Waals surface area contributed by atoms with Crippen molar-refractivity contribution in [3.05, 3.63) is 188 Å². The Labute approximate surface area is 279 Å². The molecular formula is C44H31N2OP. The molecule has 0 aliphatic carbocycles. The first-order valence-corrected chi connectivity index (χ1v) is 17.9. The molecule has 4 heteroatoms. The molecule has 0 radical (unpaired) electrons. The Morgan fingerprint density at radius 2 is 0.917 bits per heavy atom. The largest absolute Gasteiger partial charge is 0.314 e. The highest BCUT2D eigenvalue weighted by atomic mass is 31.2. The summed E-state index contributed by atoms with van der Waals surface area (Å²) in [6.07, 6.45) is 2.27. The Balaban J connectivity index is 1.33. The first kappa shape index (κ1) is 28.3. The third kappa shape index (κ3) is 4.40. The molecule has 2 heterocycles. The topological polar surface area (TPSA) is 26.9 Å². The second kappa shape index (κ2) is 11.4. The molecular weight excluding hydrogens is 603 g/mol. The lowest BCUT2D eigenvalue weighted by molar-refractivity contribution is 0.592. The van der Waals surface area contributed by atoms with E-state index in [-0.39, 0.29) is 0 Å². The molecule has 0 N–H and O–H groups in total. The van der Waals surface area contributed by atoms with Crippen LogP contribution < -0.4 is 15.9 Å². The van der Waals surface area contributed by atoms with Gasteiger partial charge in [-0.25, -0.2) is 0 Å². The predicted octanol–water partition coefficient (Wildman–Crippen LogP) is 10.0. The highest BCUT2D eigenvalue weighted by molar-refractivity contribution is 7.85. The third-order valence-electron chi connectivity index (χ3n) is 9.43. The van der Waals surface area contributed by atoms with Crippen LogP contribution in [-0.4, -0.2) is 9.13 Å². The van der Waals surface area contributed by atoms with Crippen LogP contribution in [0.25, 0.3) is 55.2 Å². The summed E-state index contributed by atoms with van der Waals surface area (Å²) in [6.45, 7) is 0. The Morgan fingerprint density at radius 3 is 1.56 bits per heavy atom. The van der Waals surface area contributed by atoms with Crippen LogP contribution in [0.4, 0.5) is 0 Å². The zero-order valence-corrected chi connectivity index (χ0v) is 27.0. The van der Waals surface area contributed by atoms with Crippen LogP contribution in [0.3, 0.4) is 0 Å². The maximum absolute atomic E-state index is 15.1. The summed E-state index contributed by atoms with van der Waals surface area (Å²) in [5.74, 6) is 0. The standard InChI is InChI=1S/C44H31N2OP/c47-48(35-19-9-3-10-20-35,36-21-11-4-12-22-36)37-27-25-34(26-28-37)46-42-24-14-13-23-38(42)39-29-30-40-41(32-15-5-1-6-16-32)31-45(43(40)44(39)46)33-17-7-2-8-18-33/h1-31H. The number of benzene rings is 7. The molecule has 9 aromatic rings. The Hall–Kier alpha value is -5.89. The van der Waals surface area contributed by atoms with Crippen LogP contribution in [0.5, 0.6) is 0 Å². The molecule has 0 atom stereocenters. The van der Waals surface area contributed by atoms with Crippen molar-refractivity contribution in [2.45, 2.75) is 0 Å². The van der Waals surface area contributed by atoms with Gasteiger partial charge in [-0.3, -0.25) is 0 Å². The SMILES string of the molecule is O=P(c1ccccc1)(c1ccccc1)c1ccc(-n2c3ccccc3c3ccc4c(-c5ccccc5)cn(-c5ccccc5)c4c32)cc1. The molecule has 0 fully saturated rings. The lowest BCUT2D eigenvalue weighted by atomic mass is 10.0. The number of fused-ring (bicyclic) bond motifs is 5. The van der Waals surface area contributed by atoms with Gasteiger partial charge in [0.1, 0.15) is 0 Å². The maximum Gasteiger partial charge on any atom is 0.171 e. The second-order valence-corrected chi connectivity index (χ2v) is 14.9. The number of hydrogen-bond donors (Lipinski definition) is 0. The zero-order chi connectivity index (χ0) is 32.1. The average Bonchev–Trinajstić information content (AvgIpc) is 3.73. The van der Waals surface area contributed by atoms with Crippen molar-refractivity contribution in [2.75, 3.05) is 0 Å². The Kier molecular flexibility index (Phi) is 6.74. The fraction of sp³-hybridized carbons (Fsp3) is 0. The van der Waals surface area contributed by atoms with Crippen molar-refractivity contribution in [1.82, 2.24) is 9.13 Å². The van der Waals surface area contributed by atoms with E-state index in [1.165, 1.54) is 27.3 Å². The molecule has 0 saturated heterocycles. The molecule has 48 heavy (non-hydrogen) atoms. The molecule has 3 nitrogen and oxygen atoms in total. The molecule has 2 aromatic heterocycles. The van der Waals surface area contributed by atoms with E-state index in [0.717, 1.165) is 43.8 Å². The van der Waals surface area contributed by atoms with E-state index in [4.69, 9.17) is 0 Å². The molecule has 0 aliphatic rings. The van der Waals surface area contributed by atoms with Crippen molar-refractivity contribution >= 4 is 55.8 Å². The smallest absolute Gasteiger partial charge is 0.171 e. The summed E-state index contributed by atoms with van der Waals surface area (Å²) in [5, 5.41) is 6.05. The van der Waals surface area contributed by atoms with Crippen LogP contribution in [0.15, 0.2) is 188 Å². The molecule has 0 spiro atoms. The minimum atomic E-state index is -3.10. The number of hydrogen-bond acceptors (Lipinski definition) is 1. The minimum Gasteiger partial charge on any atom is -0.314 e.